The van der Waals surface area contributed by atoms with Gasteiger partial charge >= 0.3 is 0 Å². The lowest BCUT2D eigenvalue weighted by atomic mass is 10.1. The number of hydrogen-bond acceptors (Lipinski definition) is 2. The van der Waals surface area contributed by atoms with E-state index in [2.05, 4.69) is 34.3 Å². The van der Waals surface area contributed by atoms with Crippen LogP contribution in [0.2, 0.25) is 0 Å². The fourth-order valence-corrected chi connectivity index (χ4v) is 1.75. The Bertz CT molecular complexity index is 381. The maximum Gasteiger partial charge on any atom is 0.0502 e. The topological polar surface area (TPSA) is 15.6 Å². The summed E-state index contributed by atoms with van der Waals surface area (Å²) >= 11 is 0. The van der Waals surface area contributed by atoms with Crippen molar-refractivity contribution in [2.45, 2.75) is 0 Å². The summed E-state index contributed by atoms with van der Waals surface area (Å²) < 4.78 is 0. The summed E-state index contributed by atoms with van der Waals surface area (Å²) in [6.07, 6.45) is 12.2. The highest BCUT2D eigenvalue weighted by Crippen LogP contribution is 2.31. The molecule has 3 aliphatic heterocycles. The Balaban J connectivity index is 2.20. The largest absolute Gasteiger partial charge is 0.343 e. The molecule has 0 aromatic carbocycles. The normalized spacial score (nSPS) is 23.3. The van der Waals surface area contributed by atoms with Gasteiger partial charge in [0.25, 0.3) is 0 Å². The quantitative estimate of drug-likeness (QED) is 0.520. The van der Waals surface area contributed by atoms with Crippen molar-refractivity contribution in [3.8, 4) is 0 Å². The van der Waals surface area contributed by atoms with Crippen LogP contribution >= 0.6 is 0 Å². The predicted molar refractivity (Wildman–Crippen MR) is 48.6 cm³/mol. The Hall–Kier alpha value is -1.57. The van der Waals surface area contributed by atoms with Crippen LogP contribution in [0.25, 0.3) is 0 Å². The zero-order valence-corrected chi connectivity index (χ0v) is 6.57. The van der Waals surface area contributed by atoms with Gasteiger partial charge in [0.1, 0.15) is 0 Å². The van der Waals surface area contributed by atoms with Crippen LogP contribution < -0.4 is 0 Å². The summed E-state index contributed by atoms with van der Waals surface area (Å²) in [5, 5.41) is 0. The van der Waals surface area contributed by atoms with E-state index in [-0.39, 0.29) is 0 Å². The summed E-state index contributed by atoms with van der Waals surface area (Å²) in [5.41, 5.74) is 3.90. The SMILES string of the molecule is C1=CC2=C3C=NC=C3CN2C=C1. The number of aliphatic imine (C=N–C) groups is 1. The van der Waals surface area contributed by atoms with E-state index in [1.807, 2.05) is 12.4 Å². The van der Waals surface area contributed by atoms with Crippen LogP contribution in [0.5, 0.6) is 0 Å². The Morgan fingerprint density at radius 3 is 3.33 bits per heavy atom. The van der Waals surface area contributed by atoms with E-state index in [0.717, 1.165) is 6.54 Å². The summed E-state index contributed by atoms with van der Waals surface area (Å²) in [6, 6.07) is 0. The third-order valence-corrected chi connectivity index (χ3v) is 2.34. The molecule has 3 heterocycles. The van der Waals surface area contributed by atoms with Crippen LogP contribution in [0.15, 0.2) is 52.5 Å². The average Bonchev–Trinajstić information content (AvgIpc) is 2.62. The molecule has 0 unspecified atom stereocenters. The minimum atomic E-state index is 0.978. The van der Waals surface area contributed by atoms with Crippen molar-refractivity contribution in [1.29, 1.82) is 0 Å². The lowest BCUT2D eigenvalue weighted by Crippen LogP contribution is -2.12. The maximum absolute atomic E-state index is 4.13. The standard InChI is InChI=1S/C10H8N2/c1-2-4-12-7-8-5-11-6-9(8)10(12)3-1/h1-6H,7H2. The molecular formula is C10H8N2. The molecule has 0 N–H and O–H groups in total. The van der Waals surface area contributed by atoms with E-state index >= 15 is 0 Å². The molecule has 3 aliphatic rings. The minimum absolute atomic E-state index is 0.978. The molecule has 0 amide bonds. The molecule has 0 fully saturated rings. The van der Waals surface area contributed by atoms with E-state index in [1.54, 1.807) is 0 Å². The number of allylic oxidation sites excluding steroid dienone is 3. The molecule has 12 heavy (non-hydrogen) atoms. The van der Waals surface area contributed by atoms with Gasteiger partial charge in [-0.2, -0.15) is 0 Å². The van der Waals surface area contributed by atoms with E-state index in [4.69, 9.17) is 0 Å². The lowest BCUT2D eigenvalue weighted by Gasteiger charge is -2.16. The lowest BCUT2D eigenvalue weighted by molar-refractivity contribution is 0.545. The Morgan fingerprint density at radius 1 is 1.33 bits per heavy atom. The Morgan fingerprint density at radius 2 is 2.33 bits per heavy atom. The number of hydrogen-bond donors (Lipinski definition) is 0. The number of nitrogens with zero attached hydrogens (tertiary/aromatic N) is 2. The van der Waals surface area contributed by atoms with Gasteiger partial charge in [-0.05, 0) is 12.2 Å². The second kappa shape index (κ2) is 1.97. The summed E-state index contributed by atoms with van der Waals surface area (Å²) in [4.78, 5) is 6.37. The molecule has 0 saturated heterocycles. The molecule has 2 heteroatoms. The predicted octanol–water partition coefficient (Wildman–Crippen LogP) is 1.61. The van der Waals surface area contributed by atoms with Crippen molar-refractivity contribution in [3.63, 3.8) is 0 Å². The second-order valence-electron chi connectivity index (χ2n) is 3.06. The third kappa shape index (κ3) is 0.619. The first-order chi connectivity index (χ1) is 5.95. The van der Waals surface area contributed by atoms with E-state index in [0.29, 0.717) is 0 Å². The maximum atomic E-state index is 4.13. The second-order valence-corrected chi connectivity index (χ2v) is 3.06. The van der Waals surface area contributed by atoms with Gasteiger partial charge in [-0.25, -0.2) is 0 Å². The van der Waals surface area contributed by atoms with Gasteiger partial charge < -0.3 is 4.90 Å². The smallest absolute Gasteiger partial charge is 0.0502 e. The van der Waals surface area contributed by atoms with E-state index in [9.17, 15) is 0 Å². The van der Waals surface area contributed by atoms with Crippen molar-refractivity contribution in [3.05, 3.63) is 47.5 Å². The van der Waals surface area contributed by atoms with Crippen molar-refractivity contribution in [2.24, 2.45) is 4.99 Å². The van der Waals surface area contributed by atoms with Crippen LogP contribution in [0.3, 0.4) is 0 Å². The van der Waals surface area contributed by atoms with Crippen molar-refractivity contribution in [2.75, 3.05) is 6.54 Å². The fraction of sp³-hybridized carbons (Fsp3) is 0.100. The molecule has 0 aromatic heterocycles. The molecule has 0 aliphatic carbocycles. The van der Waals surface area contributed by atoms with Crippen LogP contribution in [0.1, 0.15) is 0 Å². The van der Waals surface area contributed by atoms with Gasteiger partial charge in [-0.3, -0.25) is 4.99 Å². The van der Waals surface area contributed by atoms with Crippen molar-refractivity contribution >= 4 is 6.21 Å². The Kier molecular flexibility index (Phi) is 0.987. The van der Waals surface area contributed by atoms with Gasteiger partial charge in [-0.1, -0.05) is 6.08 Å². The first-order valence-corrected chi connectivity index (χ1v) is 4.03. The molecule has 2 nitrogen and oxygen atoms in total. The van der Waals surface area contributed by atoms with E-state index < -0.39 is 0 Å². The molecular weight excluding hydrogens is 148 g/mol. The highest BCUT2D eigenvalue weighted by molar-refractivity contribution is 5.91. The average molecular weight is 156 g/mol. The molecule has 0 radical (unpaired) electrons. The first-order valence-electron chi connectivity index (χ1n) is 4.03. The molecule has 3 rings (SSSR count). The zero-order valence-electron chi connectivity index (χ0n) is 6.57. The highest BCUT2D eigenvalue weighted by atomic mass is 15.1. The summed E-state index contributed by atoms with van der Waals surface area (Å²) in [5.74, 6) is 0. The van der Waals surface area contributed by atoms with Gasteiger partial charge in [0.15, 0.2) is 0 Å². The molecule has 0 bridgehead atoms. The molecule has 0 aromatic rings. The van der Waals surface area contributed by atoms with Gasteiger partial charge in [0, 0.05) is 36.3 Å². The number of fused-ring (bicyclic) bond motifs is 2. The van der Waals surface area contributed by atoms with Crippen LogP contribution in [-0.4, -0.2) is 17.7 Å². The fourth-order valence-electron chi connectivity index (χ4n) is 1.75. The van der Waals surface area contributed by atoms with Gasteiger partial charge in [-0.15, -0.1) is 0 Å². The van der Waals surface area contributed by atoms with Crippen molar-refractivity contribution < 1.29 is 0 Å². The van der Waals surface area contributed by atoms with Crippen LogP contribution in [0, 0.1) is 0 Å². The number of rotatable bonds is 0. The van der Waals surface area contributed by atoms with Gasteiger partial charge in [0.2, 0.25) is 0 Å². The van der Waals surface area contributed by atoms with Gasteiger partial charge in [0.05, 0.1) is 5.70 Å². The first kappa shape index (κ1) is 6.00. The van der Waals surface area contributed by atoms with Crippen LogP contribution in [0.4, 0.5) is 0 Å². The zero-order chi connectivity index (χ0) is 7.97. The van der Waals surface area contributed by atoms with E-state index in [1.165, 1.54) is 16.8 Å². The third-order valence-electron chi connectivity index (χ3n) is 2.34. The highest BCUT2D eigenvalue weighted by Gasteiger charge is 2.25. The molecule has 0 saturated carbocycles. The molecule has 0 atom stereocenters. The van der Waals surface area contributed by atoms with Crippen molar-refractivity contribution in [1.82, 2.24) is 4.90 Å². The Labute approximate surface area is 70.9 Å². The molecule has 0 spiro atoms. The summed E-state index contributed by atoms with van der Waals surface area (Å²) in [6.45, 7) is 0.978. The molecule has 58 valence electrons. The minimum Gasteiger partial charge on any atom is -0.343 e. The monoisotopic (exact) mass is 156 g/mol. The van der Waals surface area contributed by atoms with Crippen LogP contribution in [-0.2, 0) is 0 Å². The summed E-state index contributed by atoms with van der Waals surface area (Å²) in [7, 11) is 0.